The minimum atomic E-state index is 0.130. The van der Waals surface area contributed by atoms with Crippen LogP contribution >= 0.6 is 15.9 Å². The van der Waals surface area contributed by atoms with E-state index in [1.54, 1.807) is 6.20 Å². The molecule has 1 aromatic carbocycles. The molecule has 3 heterocycles. The van der Waals surface area contributed by atoms with Gasteiger partial charge in [-0.3, -0.25) is 4.98 Å². The smallest absolute Gasteiger partial charge is 0.233 e. The highest BCUT2D eigenvalue weighted by Crippen LogP contribution is 2.23. The fourth-order valence-electron chi connectivity index (χ4n) is 2.81. The Bertz CT molecular complexity index is 827. The van der Waals surface area contributed by atoms with Crippen LogP contribution in [0.3, 0.4) is 0 Å². The van der Waals surface area contributed by atoms with Crippen molar-refractivity contribution < 1.29 is 4.74 Å². The molecule has 6 heteroatoms. The Morgan fingerprint density at radius 1 is 1.13 bits per heavy atom. The summed E-state index contributed by atoms with van der Waals surface area (Å²) in [6.45, 7) is 1.83. The van der Waals surface area contributed by atoms with E-state index in [1.165, 1.54) is 5.69 Å². The van der Waals surface area contributed by atoms with Gasteiger partial charge in [0.25, 0.3) is 0 Å². The highest BCUT2D eigenvalue weighted by Gasteiger charge is 2.24. The predicted molar refractivity (Wildman–Crippen MR) is 92.7 cm³/mol. The average Bonchev–Trinajstić information content (AvgIpc) is 3.04. The summed E-state index contributed by atoms with van der Waals surface area (Å²) in [7, 11) is 0. The quantitative estimate of drug-likeness (QED) is 0.706. The van der Waals surface area contributed by atoms with Crippen molar-refractivity contribution in [3.8, 4) is 5.88 Å². The highest BCUT2D eigenvalue weighted by atomic mass is 79.9. The number of fused-ring (bicyclic) bond motifs is 1. The lowest BCUT2D eigenvalue weighted by Crippen LogP contribution is -2.24. The monoisotopic (exact) mass is 370 g/mol. The van der Waals surface area contributed by atoms with Crippen molar-refractivity contribution in [2.24, 2.45) is 0 Å². The molecule has 1 fully saturated rings. The molecule has 0 spiro atoms. The van der Waals surface area contributed by atoms with Crippen molar-refractivity contribution in [2.45, 2.75) is 12.5 Å². The van der Waals surface area contributed by atoms with E-state index in [0.717, 1.165) is 35.0 Å². The van der Waals surface area contributed by atoms with Gasteiger partial charge >= 0.3 is 0 Å². The molecule has 0 N–H and O–H groups in total. The first kappa shape index (κ1) is 14.4. The van der Waals surface area contributed by atoms with E-state index in [-0.39, 0.29) is 6.10 Å². The Labute approximate surface area is 142 Å². The van der Waals surface area contributed by atoms with Crippen LogP contribution in [0.25, 0.3) is 11.0 Å². The zero-order valence-electron chi connectivity index (χ0n) is 12.4. The van der Waals surface area contributed by atoms with Crippen LogP contribution in [0.2, 0.25) is 0 Å². The highest BCUT2D eigenvalue weighted by molar-refractivity contribution is 9.10. The van der Waals surface area contributed by atoms with Crippen molar-refractivity contribution in [2.75, 3.05) is 18.0 Å². The Kier molecular flexibility index (Phi) is 3.83. The van der Waals surface area contributed by atoms with Gasteiger partial charge in [0.15, 0.2) is 0 Å². The Balaban J connectivity index is 1.47. The number of benzene rings is 1. The number of nitrogens with zero attached hydrogens (tertiary/aromatic N) is 4. The van der Waals surface area contributed by atoms with Gasteiger partial charge in [-0.1, -0.05) is 15.9 Å². The van der Waals surface area contributed by atoms with Crippen LogP contribution in [0.1, 0.15) is 6.42 Å². The number of hydrogen-bond donors (Lipinski definition) is 0. The van der Waals surface area contributed by atoms with Crippen molar-refractivity contribution in [1.29, 1.82) is 0 Å². The third kappa shape index (κ3) is 3.12. The van der Waals surface area contributed by atoms with Crippen LogP contribution in [0.15, 0.2) is 53.4 Å². The maximum absolute atomic E-state index is 6.02. The summed E-state index contributed by atoms with van der Waals surface area (Å²) < 4.78 is 7.02. The number of aromatic nitrogens is 3. The molecular weight excluding hydrogens is 356 g/mol. The van der Waals surface area contributed by atoms with Crippen LogP contribution in [0.5, 0.6) is 5.88 Å². The second-order valence-electron chi connectivity index (χ2n) is 5.52. The number of ether oxygens (including phenoxy) is 1. The lowest BCUT2D eigenvalue weighted by atomic mass is 10.3. The van der Waals surface area contributed by atoms with Crippen molar-refractivity contribution in [3.05, 3.63) is 53.4 Å². The van der Waals surface area contributed by atoms with Gasteiger partial charge in [-0.2, -0.15) is 0 Å². The molecule has 4 rings (SSSR count). The van der Waals surface area contributed by atoms with E-state index in [1.807, 2.05) is 42.7 Å². The first-order valence-electron chi connectivity index (χ1n) is 7.52. The molecule has 5 nitrogen and oxygen atoms in total. The van der Waals surface area contributed by atoms with Gasteiger partial charge in [-0.25, -0.2) is 9.97 Å². The van der Waals surface area contributed by atoms with Crippen molar-refractivity contribution in [3.63, 3.8) is 0 Å². The standard InChI is InChI=1S/C17H15BrN4O/c18-12-1-2-15-16(9-12)20-10-17(21-15)23-14-5-8-22(11-14)13-3-6-19-7-4-13/h1-4,6-7,9-10,14H,5,8,11H2/t14-/m1/s1. The van der Waals surface area contributed by atoms with Crippen molar-refractivity contribution in [1.82, 2.24) is 15.0 Å². The summed E-state index contributed by atoms with van der Waals surface area (Å²) >= 11 is 3.44. The molecule has 1 aliphatic heterocycles. The van der Waals surface area contributed by atoms with E-state index >= 15 is 0 Å². The van der Waals surface area contributed by atoms with Gasteiger partial charge in [0, 0.05) is 35.5 Å². The molecule has 2 aromatic heterocycles. The molecule has 3 aromatic rings. The molecule has 116 valence electrons. The van der Waals surface area contributed by atoms with Crippen LogP contribution in [0, 0.1) is 0 Å². The molecule has 23 heavy (non-hydrogen) atoms. The predicted octanol–water partition coefficient (Wildman–Crippen LogP) is 3.45. The van der Waals surface area contributed by atoms with Crippen LogP contribution in [-0.4, -0.2) is 34.1 Å². The normalized spacial score (nSPS) is 17.6. The Morgan fingerprint density at radius 3 is 2.87 bits per heavy atom. The molecule has 0 aliphatic carbocycles. The number of hydrogen-bond acceptors (Lipinski definition) is 5. The second kappa shape index (κ2) is 6.12. The van der Waals surface area contributed by atoms with Gasteiger partial charge in [0.2, 0.25) is 5.88 Å². The molecule has 0 amide bonds. The molecule has 0 unspecified atom stereocenters. The fraction of sp³-hybridized carbons (Fsp3) is 0.235. The molecule has 1 aliphatic rings. The molecular formula is C17H15BrN4O. The summed E-state index contributed by atoms with van der Waals surface area (Å²) in [5.74, 6) is 0.585. The van der Waals surface area contributed by atoms with Gasteiger partial charge in [0.05, 0.1) is 23.8 Å². The van der Waals surface area contributed by atoms with Crippen molar-refractivity contribution >= 4 is 32.7 Å². The maximum atomic E-state index is 6.02. The van der Waals surface area contributed by atoms with E-state index in [0.29, 0.717) is 5.88 Å². The lowest BCUT2D eigenvalue weighted by molar-refractivity contribution is 0.216. The van der Waals surface area contributed by atoms with E-state index in [2.05, 4.69) is 35.8 Å². The summed E-state index contributed by atoms with van der Waals surface area (Å²) in [6.07, 6.45) is 6.43. The third-order valence-corrected chi connectivity index (χ3v) is 4.44. The molecule has 1 saturated heterocycles. The SMILES string of the molecule is Brc1ccc2nc(O[C@@H]3CCN(c4ccncc4)C3)cnc2c1. The first-order valence-corrected chi connectivity index (χ1v) is 8.31. The lowest BCUT2D eigenvalue weighted by Gasteiger charge is -2.18. The Morgan fingerprint density at radius 2 is 2.00 bits per heavy atom. The Hall–Kier alpha value is -2.21. The maximum Gasteiger partial charge on any atom is 0.233 e. The average molecular weight is 371 g/mol. The van der Waals surface area contributed by atoms with Crippen LogP contribution in [0.4, 0.5) is 5.69 Å². The summed E-state index contributed by atoms with van der Waals surface area (Å²) in [6, 6.07) is 9.90. The zero-order valence-corrected chi connectivity index (χ0v) is 14.0. The zero-order chi connectivity index (χ0) is 15.6. The van der Waals surface area contributed by atoms with Gasteiger partial charge < -0.3 is 9.64 Å². The van der Waals surface area contributed by atoms with Gasteiger partial charge in [-0.15, -0.1) is 0 Å². The molecule has 0 bridgehead atoms. The van der Waals surface area contributed by atoms with E-state index < -0.39 is 0 Å². The molecule has 0 saturated carbocycles. The number of anilines is 1. The number of rotatable bonds is 3. The third-order valence-electron chi connectivity index (χ3n) is 3.94. The minimum absolute atomic E-state index is 0.130. The minimum Gasteiger partial charge on any atom is -0.471 e. The topological polar surface area (TPSA) is 51.1 Å². The summed E-state index contributed by atoms with van der Waals surface area (Å²) in [5, 5.41) is 0. The summed E-state index contributed by atoms with van der Waals surface area (Å²) in [4.78, 5) is 15.3. The number of pyridine rings is 1. The van der Waals surface area contributed by atoms with Gasteiger partial charge in [-0.05, 0) is 30.3 Å². The van der Waals surface area contributed by atoms with Crippen LogP contribution < -0.4 is 9.64 Å². The largest absolute Gasteiger partial charge is 0.471 e. The van der Waals surface area contributed by atoms with Crippen LogP contribution in [-0.2, 0) is 0 Å². The summed E-state index contributed by atoms with van der Waals surface area (Å²) in [5.41, 5.74) is 2.88. The first-order chi connectivity index (χ1) is 11.3. The van der Waals surface area contributed by atoms with Gasteiger partial charge in [0.1, 0.15) is 6.10 Å². The fourth-order valence-corrected chi connectivity index (χ4v) is 3.16. The van der Waals surface area contributed by atoms with E-state index in [9.17, 15) is 0 Å². The molecule has 1 atom stereocenters. The van der Waals surface area contributed by atoms with E-state index in [4.69, 9.17) is 4.74 Å². The second-order valence-corrected chi connectivity index (χ2v) is 6.44. The number of halogens is 1. The molecule has 0 radical (unpaired) electrons.